The lowest BCUT2D eigenvalue weighted by Crippen LogP contribution is -2.53. The summed E-state index contributed by atoms with van der Waals surface area (Å²) < 4.78 is 14.8. The second kappa shape index (κ2) is 6.76. The number of halogens is 1. The number of piperazine rings is 1. The van der Waals surface area contributed by atoms with E-state index < -0.39 is 0 Å². The molecule has 3 rings (SSSR count). The molecule has 2 aromatic rings. The third-order valence-corrected chi connectivity index (χ3v) is 5.52. The lowest BCUT2D eigenvalue weighted by Gasteiger charge is -2.34. The van der Waals surface area contributed by atoms with Gasteiger partial charge in [0.05, 0.1) is 4.88 Å². The van der Waals surface area contributed by atoms with Gasteiger partial charge >= 0.3 is 6.03 Å². The average Bonchev–Trinajstić information content (AvgIpc) is 2.93. The first-order valence-corrected chi connectivity index (χ1v) is 8.84. The lowest BCUT2D eigenvalue weighted by atomic mass is 10.1. The van der Waals surface area contributed by atoms with Crippen molar-refractivity contribution in [2.24, 2.45) is 0 Å². The molecule has 0 bridgehead atoms. The van der Waals surface area contributed by atoms with Crippen molar-refractivity contribution in [3.05, 3.63) is 34.5 Å². The molecule has 0 atom stereocenters. The first-order valence-electron chi connectivity index (χ1n) is 8.02. The maximum absolute atomic E-state index is 14.0. The largest absolute Gasteiger partial charge is 0.338 e. The van der Waals surface area contributed by atoms with E-state index in [9.17, 15) is 14.0 Å². The van der Waals surface area contributed by atoms with Crippen molar-refractivity contribution < 1.29 is 14.0 Å². The minimum absolute atomic E-state index is 0.0800. The summed E-state index contributed by atoms with van der Waals surface area (Å²) >= 11 is 1.33. The summed E-state index contributed by atoms with van der Waals surface area (Å²) in [5.74, 6) is -0.370. The number of rotatable bonds is 2. The van der Waals surface area contributed by atoms with Gasteiger partial charge in [-0.3, -0.25) is 4.79 Å². The van der Waals surface area contributed by atoms with Crippen molar-refractivity contribution >= 4 is 33.4 Å². The van der Waals surface area contributed by atoms with Crippen LogP contribution in [0, 0.1) is 12.7 Å². The molecule has 128 valence electrons. The van der Waals surface area contributed by atoms with E-state index in [0.717, 1.165) is 4.70 Å². The Balaban J connectivity index is 1.76. The highest BCUT2D eigenvalue weighted by atomic mass is 32.1. The number of nitrogens with one attached hydrogen (secondary N) is 1. The number of hydrogen-bond donors (Lipinski definition) is 1. The van der Waals surface area contributed by atoms with Gasteiger partial charge in [-0.1, -0.05) is 6.07 Å². The van der Waals surface area contributed by atoms with Gasteiger partial charge < -0.3 is 15.1 Å². The van der Waals surface area contributed by atoms with Gasteiger partial charge in [0.15, 0.2) is 0 Å². The van der Waals surface area contributed by atoms with Gasteiger partial charge in [0, 0.05) is 42.8 Å². The molecule has 3 amide bonds. The fourth-order valence-corrected chi connectivity index (χ4v) is 4.17. The van der Waals surface area contributed by atoms with Crippen molar-refractivity contribution in [1.29, 1.82) is 0 Å². The normalized spacial score (nSPS) is 15.0. The predicted molar refractivity (Wildman–Crippen MR) is 93.1 cm³/mol. The van der Waals surface area contributed by atoms with Crippen LogP contribution in [0.25, 0.3) is 10.1 Å². The summed E-state index contributed by atoms with van der Waals surface area (Å²) in [7, 11) is 0. The standard InChI is InChI=1S/C17H20FN3O2S/c1-3-19-17(23)21-9-7-20(8-10-21)16(22)15-11(2)14-12(18)5-4-6-13(14)24-15/h4-6H,3,7-10H2,1-2H3,(H,19,23). The van der Waals surface area contributed by atoms with Crippen LogP contribution < -0.4 is 5.32 Å². The third kappa shape index (κ3) is 2.96. The van der Waals surface area contributed by atoms with E-state index in [4.69, 9.17) is 0 Å². The molecular weight excluding hydrogens is 329 g/mol. The lowest BCUT2D eigenvalue weighted by molar-refractivity contribution is 0.0669. The summed E-state index contributed by atoms with van der Waals surface area (Å²) in [6, 6.07) is 4.82. The summed E-state index contributed by atoms with van der Waals surface area (Å²) in [6.45, 7) is 6.26. The molecule has 0 radical (unpaired) electrons. The van der Waals surface area contributed by atoms with Crippen LogP contribution in [-0.4, -0.2) is 54.5 Å². The second-order valence-electron chi connectivity index (χ2n) is 5.78. The van der Waals surface area contributed by atoms with Crippen molar-refractivity contribution in [2.45, 2.75) is 13.8 Å². The van der Waals surface area contributed by atoms with Crippen molar-refractivity contribution in [3.63, 3.8) is 0 Å². The number of urea groups is 1. The Morgan fingerprint density at radius 2 is 1.88 bits per heavy atom. The van der Waals surface area contributed by atoms with E-state index in [1.165, 1.54) is 17.4 Å². The highest BCUT2D eigenvalue weighted by molar-refractivity contribution is 7.21. The molecule has 24 heavy (non-hydrogen) atoms. The molecule has 1 aromatic carbocycles. The van der Waals surface area contributed by atoms with Crippen LogP contribution >= 0.6 is 11.3 Å². The third-order valence-electron chi connectivity index (χ3n) is 4.28. The average molecular weight is 349 g/mol. The molecule has 1 N–H and O–H groups in total. The molecular formula is C17H20FN3O2S. The van der Waals surface area contributed by atoms with Crippen molar-refractivity contribution in [3.8, 4) is 0 Å². The van der Waals surface area contributed by atoms with Crippen LogP contribution in [0.4, 0.5) is 9.18 Å². The minimum atomic E-state index is -0.290. The van der Waals surface area contributed by atoms with E-state index in [-0.39, 0.29) is 17.8 Å². The molecule has 1 aromatic heterocycles. The van der Waals surface area contributed by atoms with E-state index in [1.54, 1.807) is 22.8 Å². The van der Waals surface area contributed by atoms with Crippen LogP contribution in [0.3, 0.4) is 0 Å². The summed E-state index contributed by atoms with van der Waals surface area (Å²) in [6.07, 6.45) is 0. The van der Waals surface area contributed by atoms with E-state index in [0.29, 0.717) is 48.6 Å². The smallest absolute Gasteiger partial charge is 0.317 e. The highest BCUT2D eigenvalue weighted by Crippen LogP contribution is 2.33. The molecule has 0 aliphatic carbocycles. The molecule has 0 unspecified atom stereocenters. The zero-order valence-electron chi connectivity index (χ0n) is 13.8. The van der Waals surface area contributed by atoms with Gasteiger partial charge in [-0.25, -0.2) is 9.18 Å². The fourth-order valence-electron chi connectivity index (χ4n) is 2.98. The van der Waals surface area contributed by atoms with Crippen LogP contribution in [0.5, 0.6) is 0 Å². The molecule has 0 saturated carbocycles. The van der Waals surface area contributed by atoms with Gasteiger partial charge in [0.2, 0.25) is 0 Å². The molecule has 2 heterocycles. The molecule has 7 heteroatoms. The molecule has 1 aliphatic heterocycles. The van der Waals surface area contributed by atoms with Gasteiger partial charge in [-0.15, -0.1) is 11.3 Å². The maximum Gasteiger partial charge on any atom is 0.317 e. The minimum Gasteiger partial charge on any atom is -0.338 e. The number of carbonyl (C=O) groups is 2. The monoisotopic (exact) mass is 349 g/mol. The molecule has 0 spiro atoms. The topological polar surface area (TPSA) is 52.7 Å². The first-order chi connectivity index (χ1) is 11.5. The number of benzene rings is 1. The number of fused-ring (bicyclic) bond motifs is 1. The van der Waals surface area contributed by atoms with Gasteiger partial charge in [0.1, 0.15) is 5.82 Å². The number of nitrogens with zero attached hydrogens (tertiary/aromatic N) is 2. The molecule has 1 saturated heterocycles. The maximum atomic E-state index is 14.0. The zero-order valence-corrected chi connectivity index (χ0v) is 14.6. The Hall–Kier alpha value is -2.15. The first kappa shape index (κ1) is 16.7. The Morgan fingerprint density at radius 1 is 1.21 bits per heavy atom. The van der Waals surface area contributed by atoms with Gasteiger partial charge in [0.25, 0.3) is 5.91 Å². The van der Waals surface area contributed by atoms with E-state index >= 15 is 0 Å². The van der Waals surface area contributed by atoms with Crippen molar-refractivity contribution in [2.75, 3.05) is 32.7 Å². The number of carbonyl (C=O) groups excluding carboxylic acids is 2. The van der Waals surface area contributed by atoms with Gasteiger partial charge in [-0.05, 0) is 31.5 Å². The molecule has 1 aliphatic rings. The molecule has 1 fully saturated rings. The van der Waals surface area contributed by atoms with Crippen LogP contribution in [0.15, 0.2) is 18.2 Å². The summed E-state index contributed by atoms with van der Waals surface area (Å²) in [5.41, 5.74) is 0.698. The highest BCUT2D eigenvalue weighted by Gasteiger charge is 2.27. The van der Waals surface area contributed by atoms with E-state index in [1.807, 2.05) is 13.0 Å². The fraction of sp³-hybridized carbons (Fsp3) is 0.412. The zero-order chi connectivity index (χ0) is 17.3. The summed E-state index contributed by atoms with van der Waals surface area (Å²) in [4.78, 5) is 28.7. The van der Waals surface area contributed by atoms with Crippen molar-refractivity contribution in [1.82, 2.24) is 15.1 Å². The molecule has 5 nitrogen and oxygen atoms in total. The Bertz CT molecular complexity index is 781. The summed E-state index contributed by atoms with van der Waals surface area (Å²) in [5, 5.41) is 3.30. The van der Waals surface area contributed by atoms with Crippen LogP contribution in [0.1, 0.15) is 22.2 Å². The number of aryl methyl sites for hydroxylation is 1. The number of hydrogen-bond acceptors (Lipinski definition) is 3. The van der Waals surface area contributed by atoms with E-state index in [2.05, 4.69) is 5.32 Å². The SMILES string of the molecule is CCNC(=O)N1CCN(C(=O)c2sc3cccc(F)c3c2C)CC1. The Kier molecular flexibility index (Phi) is 4.71. The van der Waals surface area contributed by atoms with Crippen LogP contribution in [0.2, 0.25) is 0 Å². The predicted octanol–water partition coefficient (Wildman–Crippen LogP) is 2.84. The van der Waals surface area contributed by atoms with Gasteiger partial charge in [-0.2, -0.15) is 0 Å². The number of thiophene rings is 1. The Labute approximate surface area is 144 Å². The number of amides is 3. The quantitative estimate of drug-likeness (QED) is 0.906. The second-order valence-corrected chi connectivity index (χ2v) is 6.84. The van der Waals surface area contributed by atoms with Crippen LogP contribution in [-0.2, 0) is 0 Å². The Morgan fingerprint density at radius 3 is 2.50 bits per heavy atom.